The maximum atomic E-state index is 10.6. The zero-order valence-electron chi connectivity index (χ0n) is 9.14. The Morgan fingerprint density at radius 1 is 1.69 bits per heavy atom. The lowest BCUT2D eigenvalue weighted by molar-refractivity contribution is -0.385. The average molecular weight is 261 g/mol. The van der Waals surface area contributed by atoms with Crippen LogP contribution in [-0.2, 0) is 0 Å². The highest BCUT2D eigenvalue weighted by Gasteiger charge is 2.12. The highest BCUT2D eigenvalue weighted by atomic mass is 35.5. The first-order valence-corrected chi connectivity index (χ1v) is 6.36. The van der Waals surface area contributed by atoms with E-state index in [-0.39, 0.29) is 5.69 Å². The molecule has 0 N–H and O–H groups in total. The van der Waals surface area contributed by atoms with Crippen molar-refractivity contribution in [2.45, 2.75) is 18.9 Å². The van der Waals surface area contributed by atoms with Gasteiger partial charge in [0, 0.05) is 17.2 Å². The molecule has 1 aromatic rings. The van der Waals surface area contributed by atoms with Gasteiger partial charge >= 0.3 is 0 Å². The van der Waals surface area contributed by atoms with Gasteiger partial charge in [-0.25, -0.2) is 4.98 Å². The fourth-order valence-electron chi connectivity index (χ4n) is 1.07. The van der Waals surface area contributed by atoms with E-state index < -0.39 is 4.92 Å². The van der Waals surface area contributed by atoms with E-state index in [1.807, 2.05) is 0 Å². The van der Waals surface area contributed by atoms with E-state index in [9.17, 15) is 10.1 Å². The quantitative estimate of drug-likeness (QED) is 0.353. The lowest BCUT2D eigenvalue weighted by Gasteiger charge is -2.06. The molecule has 0 radical (unpaired) electrons. The highest BCUT2D eigenvalue weighted by molar-refractivity contribution is 7.99. The summed E-state index contributed by atoms with van der Waals surface area (Å²) >= 11 is 7.26. The van der Waals surface area contributed by atoms with Gasteiger partial charge < -0.3 is 0 Å². The SMILES string of the molecule is Cc1cc(SCC(C)CCl)ncc1[N+](=O)[O-]. The van der Waals surface area contributed by atoms with Gasteiger partial charge in [0.25, 0.3) is 5.69 Å². The number of rotatable bonds is 5. The third-order valence-electron chi connectivity index (χ3n) is 2.03. The highest BCUT2D eigenvalue weighted by Crippen LogP contribution is 2.24. The maximum Gasteiger partial charge on any atom is 0.290 e. The number of hydrogen-bond acceptors (Lipinski definition) is 4. The Balaban J connectivity index is 2.70. The number of nitro groups is 1. The number of aromatic nitrogens is 1. The summed E-state index contributed by atoms with van der Waals surface area (Å²) in [5.74, 6) is 1.89. The largest absolute Gasteiger partial charge is 0.290 e. The van der Waals surface area contributed by atoms with Gasteiger partial charge in [-0.3, -0.25) is 10.1 Å². The van der Waals surface area contributed by atoms with Crippen molar-refractivity contribution in [3.05, 3.63) is 27.9 Å². The van der Waals surface area contributed by atoms with Gasteiger partial charge in [-0.15, -0.1) is 23.4 Å². The van der Waals surface area contributed by atoms with Crippen molar-refractivity contribution >= 4 is 29.1 Å². The van der Waals surface area contributed by atoms with Crippen LogP contribution in [0.25, 0.3) is 0 Å². The van der Waals surface area contributed by atoms with Crippen molar-refractivity contribution in [1.29, 1.82) is 0 Å². The summed E-state index contributed by atoms with van der Waals surface area (Å²) in [6.07, 6.45) is 1.31. The van der Waals surface area contributed by atoms with Crippen LogP contribution in [0.3, 0.4) is 0 Å². The molecule has 0 bridgehead atoms. The molecule has 1 rings (SSSR count). The molecule has 88 valence electrons. The molecule has 6 heteroatoms. The maximum absolute atomic E-state index is 10.6. The first-order valence-electron chi connectivity index (χ1n) is 4.84. The van der Waals surface area contributed by atoms with Crippen LogP contribution in [0.5, 0.6) is 0 Å². The number of alkyl halides is 1. The molecule has 16 heavy (non-hydrogen) atoms. The van der Waals surface area contributed by atoms with Gasteiger partial charge in [0.2, 0.25) is 0 Å². The Bertz CT molecular complexity index is 387. The van der Waals surface area contributed by atoms with E-state index in [2.05, 4.69) is 11.9 Å². The molecule has 0 spiro atoms. The van der Waals surface area contributed by atoms with Gasteiger partial charge in [-0.1, -0.05) is 6.92 Å². The van der Waals surface area contributed by atoms with E-state index >= 15 is 0 Å². The predicted octanol–water partition coefficient (Wildman–Crippen LogP) is 3.27. The average Bonchev–Trinajstić information content (AvgIpc) is 2.25. The number of nitrogens with zero attached hydrogens (tertiary/aromatic N) is 2. The molecule has 0 fully saturated rings. The van der Waals surface area contributed by atoms with Crippen LogP contribution in [0.2, 0.25) is 0 Å². The third kappa shape index (κ3) is 3.64. The topological polar surface area (TPSA) is 56.0 Å². The Morgan fingerprint density at radius 2 is 2.38 bits per heavy atom. The van der Waals surface area contributed by atoms with E-state index in [0.29, 0.717) is 17.4 Å². The zero-order valence-corrected chi connectivity index (χ0v) is 10.7. The molecule has 0 saturated heterocycles. The molecule has 0 aliphatic carbocycles. The number of thioether (sulfide) groups is 1. The van der Waals surface area contributed by atoms with E-state index in [0.717, 1.165) is 10.8 Å². The summed E-state index contributed by atoms with van der Waals surface area (Å²) in [6, 6.07) is 1.74. The van der Waals surface area contributed by atoms with Crippen LogP contribution in [-0.4, -0.2) is 21.5 Å². The minimum absolute atomic E-state index is 0.0646. The number of aryl methyl sites for hydroxylation is 1. The summed E-state index contributed by atoms with van der Waals surface area (Å²) in [4.78, 5) is 14.2. The van der Waals surface area contributed by atoms with Gasteiger partial charge in [0.05, 0.1) is 9.95 Å². The van der Waals surface area contributed by atoms with Gasteiger partial charge in [0.15, 0.2) is 0 Å². The van der Waals surface area contributed by atoms with Gasteiger partial charge in [-0.05, 0) is 18.9 Å². The van der Waals surface area contributed by atoms with Gasteiger partial charge in [-0.2, -0.15) is 0 Å². The summed E-state index contributed by atoms with van der Waals surface area (Å²) in [6.45, 7) is 3.77. The Hall–Kier alpha value is -0.810. The van der Waals surface area contributed by atoms with Gasteiger partial charge in [0.1, 0.15) is 6.20 Å². The molecule has 1 atom stereocenters. The molecular weight excluding hydrogens is 248 g/mol. The fourth-order valence-corrected chi connectivity index (χ4v) is 2.26. The van der Waals surface area contributed by atoms with Crippen LogP contribution in [0.15, 0.2) is 17.3 Å². The normalized spacial score (nSPS) is 12.4. The van der Waals surface area contributed by atoms with Crippen molar-refractivity contribution in [2.24, 2.45) is 5.92 Å². The number of hydrogen-bond donors (Lipinski definition) is 0. The molecule has 0 amide bonds. The molecule has 0 aliphatic rings. The second-order valence-electron chi connectivity index (χ2n) is 3.64. The number of pyridine rings is 1. The summed E-state index contributed by atoms with van der Waals surface area (Å²) in [7, 11) is 0. The second-order valence-corrected chi connectivity index (χ2v) is 4.99. The second kappa shape index (κ2) is 6.06. The minimum Gasteiger partial charge on any atom is -0.258 e. The van der Waals surface area contributed by atoms with Crippen LogP contribution in [0, 0.1) is 23.0 Å². The monoisotopic (exact) mass is 260 g/mol. The lowest BCUT2D eigenvalue weighted by atomic mass is 10.3. The number of halogens is 1. The molecule has 0 saturated carbocycles. The van der Waals surface area contributed by atoms with Crippen LogP contribution in [0.4, 0.5) is 5.69 Å². The van der Waals surface area contributed by atoms with Crippen LogP contribution >= 0.6 is 23.4 Å². The summed E-state index contributed by atoms with van der Waals surface area (Å²) in [5, 5.41) is 11.4. The van der Waals surface area contributed by atoms with Crippen molar-refractivity contribution in [3.8, 4) is 0 Å². The molecule has 0 aromatic carbocycles. The molecule has 0 aliphatic heterocycles. The van der Waals surface area contributed by atoms with Crippen molar-refractivity contribution in [1.82, 2.24) is 4.98 Å². The molecule has 1 heterocycles. The van der Waals surface area contributed by atoms with Crippen LogP contribution in [0.1, 0.15) is 12.5 Å². The first-order chi connectivity index (χ1) is 7.54. The van der Waals surface area contributed by atoms with Crippen LogP contribution < -0.4 is 0 Å². The minimum atomic E-state index is -0.418. The molecular formula is C10H13ClN2O2S. The van der Waals surface area contributed by atoms with Crippen molar-refractivity contribution < 1.29 is 4.92 Å². The molecule has 4 nitrogen and oxygen atoms in total. The van der Waals surface area contributed by atoms with Crippen molar-refractivity contribution in [3.63, 3.8) is 0 Å². The predicted molar refractivity (Wildman–Crippen MR) is 66.2 cm³/mol. The van der Waals surface area contributed by atoms with E-state index in [4.69, 9.17) is 11.6 Å². The summed E-state index contributed by atoms with van der Waals surface area (Å²) in [5.41, 5.74) is 0.704. The smallest absolute Gasteiger partial charge is 0.258 e. The summed E-state index contributed by atoms with van der Waals surface area (Å²) < 4.78 is 0. The zero-order chi connectivity index (χ0) is 12.1. The Kier molecular flexibility index (Phi) is 5.02. The molecule has 1 aromatic heterocycles. The Labute approximate surface area is 104 Å². The van der Waals surface area contributed by atoms with E-state index in [1.54, 1.807) is 24.8 Å². The third-order valence-corrected chi connectivity index (χ3v) is 3.82. The van der Waals surface area contributed by atoms with Crippen molar-refractivity contribution in [2.75, 3.05) is 11.6 Å². The van der Waals surface area contributed by atoms with E-state index in [1.165, 1.54) is 6.20 Å². The Morgan fingerprint density at radius 3 is 2.88 bits per heavy atom. The lowest BCUT2D eigenvalue weighted by Crippen LogP contribution is -2.00. The fraction of sp³-hybridized carbons (Fsp3) is 0.500. The first kappa shape index (κ1) is 13.3. The standard InChI is InChI=1S/C10H13ClN2O2S/c1-7(4-11)6-16-10-3-8(2)9(5-12-10)13(14)15/h3,5,7H,4,6H2,1-2H3. The molecule has 1 unspecified atom stereocenters.